The van der Waals surface area contributed by atoms with E-state index < -0.39 is 0 Å². The fraction of sp³-hybridized carbons (Fsp3) is 0.438. The fourth-order valence-corrected chi connectivity index (χ4v) is 2.23. The number of rotatable bonds is 5. The van der Waals surface area contributed by atoms with Gasteiger partial charge in [-0.15, -0.1) is 0 Å². The van der Waals surface area contributed by atoms with Crippen molar-refractivity contribution in [3.05, 3.63) is 35.5 Å². The molecule has 102 valence electrons. The molecule has 0 aliphatic rings. The average molecular weight is 259 g/mol. The number of hydrogen-bond acceptors (Lipinski definition) is 2. The van der Waals surface area contributed by atoms with Crippen molar-refractivity contribution in [1.29, 1.82) is 0 Å². The van der Waals surface area contributed by atoms with Gasteiger partial charge in [-0.05, 0) is 42.5 Å². The Bertz CT molecular complexity index is 569. The molecule has 0 amide bonds. The number of carbonyl (C=O) groups is 1. The minimum absolute atomic E-state index is 0.128. The summed E-state index contributed by atoms with van der Waals surface area (Å²) in [6.45, 7) is 6.65. The second-order valence-electron chi connectivity index (χ2n) is 5.08. The van der Waals surface area contributed by atoms with Gasteiger partial charge in [0, 0.05) is 23.5 Å². The molecule has 19 heavy (non-hydrogen) atoms. The van der Waals surface area contributed by atoms with Crippen LogP contribution in [0.4, 0.5) is 0 Å². The quantitative estimate of drug-likeness (QED) is 0.830. The highest BCUT2D eigenvalue weighted by Gasteiger charge is 2.09. The number of aryl methyl sites for hydroxylation is 1. The third-order valence-corrected chi connectivity index (χ3v) is 3.36. The molecule has 0 aliphatic heterocycles. The van der Waals surface area contributed by atoms with Gasteiger partial charge in [-0.25, -0.2) is 0 Å². The van der Waals surface area contributed by atoms with Crippen LogP contribution in [0.5, 0.6) is 0 Å². The van der Waals surface area contributed by atoms with E-state index in [0.29, 0.717) is 18.9 Å². The van der Waals surface area contributed by atoms with Crippen LogP contribution in [0.3, 0.4) is 0 Å². The van der Waals surface area contributed by atoms with Crippen molar-refractivity contribution in [3.8, 4) is 0 Å². The molecule has 0 spiro atoms. The predicted octanol–water partition coefficient (Wildman–Crippen LogP) is 3.79. The highest BCUT2D eigenvalue weighted by atomic mass is 16.5. The number of ether oxygens (including phenoxy) is 1. The summed E-state index contributed by atoms with van der Waals surface area (Å²) in [6.07, 6.45) is 3.15. The van der Waals surface area contributed by atoms with E-state index in [1.165, 1.54) is 16.5 Å². The molecule has 0 unspecified atom stereocenters. The number of carbonyl (C=O) groups excluding carboxylic acids is 1. The summed E-state index contributed by atoms with van der Waals surface area (Å²) < 4.78 is 4.97. The molecule has 3 heteroatoms. The Morgan fingerprint density at radius 1 is 1.37 bits per heavy atom. The number of H-pyrrole nitrogens is 1. The molecule has 1 N–H and O–H groups in total. The van der Waals surface area contributed by atoms with Crippen LogP contribution in [-0.4, -0.2) is 17.6 Å². The second kappa shape index (κ2) is 5.91. The van der Waals surface area contributed by atoms with Gasteiger partial charge in [0.2, 0.25) is 0 Å². The second-order valence-corrected chi connectivity index (χ2v) is 5.08. The fourth-order valence-electron chi connectivity index (χ4n) is 2.23. The van der Waals surface area contributed by atoms with Crippen molar-refractivity contribution in [1.82, 2.24) is 4.98 Å². The van der Waals surface area contributed by atoms with E-state index in [2.05, 4.69) is 37.0 Å². The maximum absolute atomic E-state index is 11.4. The first-order valence-corrected chi connectivity index (χ1v) is 6.87. The van der Waals surface area contributed by atoms with Crippen molar-refractivity contribution < 1.29 is 9.53 Å². The minimum Gasteiger partial charge on any atom is -0.466 e. The number of fused-ring (bicyclic) bond motifs is 1. The van der Waals surface area contributed by atoms with Crippen LogP contribution in [0.15, 0.2) is 24.4 Å². The van der Waals surface area contributed by atoms with Crippen LogP contribution < -0.4 is 0 Å². The molecular formula is C16H21NO2. The van der Waals surface area contributed by atoms with Crippen molar-refractivity contribution in [2.24, 2.45) is 0 Å². The first-order valence-electron chi connectivity index (χ1n) is 6.87. The Balaban J connectivity index is 2.19. The van der Waals surface area contributed by atoms with Crippen molar-refractivity contribution in [2.75, 3.05) is 6.61 Å². The van der Waals surface area contributed by atoms with Gasteiger partial charge in [0.15, 0.2) is 0 Å². The molecule has 0 saturated heterocycles. The zero-order valence-electron chi connectivity index (χ0n) is 11.8. The van der Waals surface area contributed by atoms with Gasteiger partial charge >= 0.3 is 5.97 Å². The SMILES string of the molecule is CCOC(=O)CCc1c[nH]c2ccc(C(C)C)cc12. The molecule has 1 aromatic carbocycles. The van der Waals surface area contributed by atoms with Gasteiger partial charge in [-0.1, -0.05) is 19.9 Å². The lowest BCUT2D eigenvalue weighted by Gasteiger charge is -2.06. The van der Waals surface area contributed by atoms with Crippen LogP contribution >= 0.6 is 0 Å². The van der Waals surface area contributed by atoms with Gasteiger partial charge in [0.05, 0.1) is 6.61 Å². The molecule has 3 nitrogen and oxygen atoms in total. The molecule has 1 aromatic heterocycles. The zero-order valence-corrected chi connectivity index (χ0v) is 11.8. The number of benzene rings is 1. The van der Waals surface area contributed by atoms with Crippen molar-refractivity contribution >= 4 is 16.9 Å². The van der Waals surface area contributed by atoms with E-state index in [1.807, 2.05) is 13.1 Å². The highest BCUT2D eigenvalue weighted by molar-refractivity contribution is 5.84. The van der Waals surface area contributed by atoms with E-state index in [-0.39, 0.29) is 5.97 Å². The summed E-state index contributed by atoms with van der Waals surface area (Å²) in [5.74, 6) is 0.383. The Labute approximate surface area is 114 Å². The van der Waals surface area contributed by atoms with Crippen LogP contribution in [0.25, 0.3) is 10.9 Å². The summed E-state index contributed by atoms with van der Waals surface area (Å²) in [5, 5.41) is 1.22. The van der Waals surface area contributed by atoms with E-state index in [0.717, 1.165) is 11.9 Å². The van der Waals surface area contributed by atoms with E-state index in [4.69, 9.17) is 4.74 Å². The molecule has 0 fully saturated rings. The molecule has 0 aliphatic carbocycles. The lowest BCUT2D eigenvalue weighted by Crippen LogP contribution is -2.04. The van der Waals surface area contributed by atoms with E-state index >= 15 is 0 Å². The van der Waals surface area contributed by atoms with Gasteiger partial charge in [0.1, 0.15) is 0 Å². The first-order chi connectivity index (χ1) is 9.11. The Morgan fingerprint density at radius 3 is 2.84 bits per heavy atom. The molecule has 2 rings (SSSR count). The number of esters is 1. The number of nitrogens with one attached hydrogen (secondary N) is 1. The van der Waals surface area contributed by atoms with E-state index in [1.54, 1.807) is 0 Å². The highest BCUT2D eigenvalue weighted by Crippen LogP contribution is 2.24. The number of hydrogen-bond donors (Lipinski definition) is 1. The Kier molecular flexibility index (Phi) is 4.25. The maximum Gasteiger partial charge on any atom is 0.306 e. The van der Waals surface area contributed by atoms with Gasteiger partial charge in [0.25, 0.3) is 0 Å². The summed E-state index contributed by atoms with van der Waals surface area (Å²) in [7, 11) is 0. The lowest BCUT2D eigenvalue weighted by atomic mass is 9.99. The summed E-state index contributed by atoms with van der Waals surface area (Å²) in [5.41, 5.74) is 3.64. The molecule has 0 bridgehead atoms. The average Bonchev–Trinajstić information content (AvgIpc) is 2.79. The van der Waals surface area contributed by atoms with Crippen molar-refractivity contribution in [3.63, 3.8) is 0 Å². The van der Waals surface area contributed by atoms with Gasteiger partial charge < -0.3 is 9.72 Å². The molecule has 2 aromatic rings. The van der Waals surface area contributed by atoms with Crippen LogP contribution in [0.1, 0.15) is 44.2 Å². The number of aromatic nitrogens is 1. The van der Waals surface area contributed by atoms with Crippen LogP contribution in [0.2, 0.25) is 0 Å². The molecule has 1 heterocycles. The standard InChI is InChI=1S/C16H21NO2/c1-4-19-16(18)8-6-13-10-17-15-7-5-12(11(2)3)9-14(13)15/h5,7,9-11,17H,4,6,8H2,1-3H3. The van der Waals surface area contributed by atoms with Gasteiger partial charge in [-0.2, -0.15) is 0 Å². The molecular weight excluding hydrogens is 238 g/mol. The lowest BCUT2D eigenvalue weighted by molar-refractivity contribution is -0.143. The maximum atomic E-state index is 11.4. The zero-order chi connectivity index (χ0) is 13.8. The third kappa shape index (κ3) is 3.16. The van der Waals surface area contributed by atoms with Crippen molar-refractivity contribution in [2.45, 2.75) is 39.5 Å². The topological polar surface area (TPSA) is 42.1 Å². The molecule has 0 saturated carbocycles. The summed E-state index contributed by atoms with van der Waals surface area (Å²) >= 11 is 0. The largest absolute Gasteiger partial charge is 0.466 e. The number of aromatic amines is 1. The van der Waals surface area contributed by atoms with Crippen LogP contribution in [0, 0.1) is 0 Å². The summed E-state index contributed by atoms with van der Waals surface area (Å²) in [6, 6.07) is 6.48. The predicted molar refractivity (Wildman–Crippen MR) is 77.3 cm³/mol. The molecule has 0 radical (unpaired) electrons. The van der Waals surface area contributed by atoms with Gasteiger partial charge in [-0.3, -0.25) is 4.79 Å². The summed E-state index contributed by atoms with van der Waals surface area (Å²) in [4.78, 5) is 14.7. The minimum atomic E-state index is -0.128. The normalized spacial score (nSPS) is 11.2. The van der Waals surface area contributed by atoms with E-state index in [9.17, 15) is 4.79 Å². The van der Waals surface area contributed by atoms with Crippen LogP contribution in [-0.2, 0) is 16.0 Å². The smallest absolute Gasteiger partial charge is 0.306 e. The Hall–Kier alpha value is -1.77. The monoisotopic (exact) mass is 259 g/mol. The molecule has 0 atom stereocenters. The first kappa shape index (κ1) is 13.7. The third-order valence-electron chi connectivity index (χ3n) is 3.36. The Morgan fingerprint density at radius 2 is 2.16 bits per heavy atom.